The fraction of sp³-hybridized carbons (Fsp3) is 0.556. The Morgan fingerprint density at radius 3 is 2.92 bits per heavy atom. The molecule has 2 rings (SSSR count). The van der Waals surface area contributed by atoms with E-state index >= 15 is 0 Å². The molecular weight excluding hydrogens is 168 g/mol. The van der Waals surface area contributed by atoms with E-state index in [1.54, 1.807) is 12.5 Å². The molecule has 0 aromatic carbocycles. The van der Waals surface area contributed by atoms with Gasteiger partial charge in [-0.25, -0.2) is 4.98 Å². The fourth-order valence-electron chi connectivity index (χ4n) is 1.60. The molecule has 1 aromatic rings. The number of aromatic nitrogens is 2. The van der Waals surface area contributed by atoms with Crippen LogP contribution in [0.5, 0.6) is 0 Å². The molecule has 0 radical (unpaired) electrons. The average molecular weight is 180 g/mol. The van der Waals surface area contributed by atoms with Crippen LogP contribution in [0.1, 0.15) is 29.4 Å². The molecule has 0 saturated carbocycles. The monoisotopic (exact) mass is 180 g/mol. The van der Waals surface area contributed by atoms with Crippen molar-refractivity contribution in [2.24, 2.45) is 0 Å². The number of hydrogen-bond acceptors (Lipinski definition) is 3. The highest BCUT2D eigenvalue weighted by molar-refractivity contribution is 5.70. The van der Waals surface area contributed by atoms with Gasteiger partial charge in [0.15, 0.2) is 6.29 Å². The highest BCUT2D eigenvalue weighted by Crippen LogP contribution is 2.20. The molecule has 0 bridgehead atoms. The number of hydrogen-bond donors (Lipinski definition) is 0. The lowest BCUT2D eigenvalue weighted by Gasteiger charge is -2.22. The Labute approximate surface area is 76.5 Å². The van der Waals surface area contributed by atoms with Gasteiger partial charge in [0.05, 0.1) is 6.33 Å². The zero-order valence-electron chi connectivity index (χ0n) is 7.35. The van der Waals surface area contributed by atoms with Gasteiger partial charge in [-0.3, -0.25) is 4.79 Å². The smallest absolute Gasteiger partial charge is 0.169 e. The van der Waals surface area contributed by atoms with E-state index in [-0.39, 0.29) is 0 Å². The summed E-state index contributed by atoms with van der Waals surface area (Å²) in [5, 5.41) is 0. The average Bonchev–Trinajstić information content (AvgIpc) is 2.67. The van der Waals surface area contributed by atoms with Crippen LogP contribution in [-0.2, 0) is 4.74 Å². The SMILES string of the molecule is O=Cc1cn(C2CCOCC2)cn1. The second-order valence-electron chi connectivity index (χ2n) is 3.21. The van der Waals surface area contributed by atoms with Crippen molar-refractivity contribution in [3.63, 3.8) is 0 Å². The Hall–Kier alpha value is -1.16. The quantitative estimate of drug-likeness (QED) is 0.639. The summed E-state index contributed by atoms with van der Waals surface area (Å²) in [6.45, 7) is 1.61. The van der Waals surface area contributed by atoms with Crippen LogP contribution in [0.25, 0.3) is 0 Å². The Bertz CT molecular complexity index is 290. The molecule has 70 valence electrons. The summed E-state index contributed by atoms with van der Waals surface area (Å²) < 4.78 is 7.26. The highest BCUT2D eigenvalue weighted by Gasteiger charge is 2.15. The maximum Gasteiger partial charge on any atom is 0.169 e. The second-order valence-corrected chi connectivity index (χ2v) is 3.21. The molecule has 0 unspecified atom stereocenters. The van der Waals surface area contributed by atoms with Crippen molar-refractivity contribution in [2.45, 2.75) is 18.9 Å². The van der Waals surface area contributed by atoms with E-state index in [1.807, 2.05) is 4.57 Å². The summed E-state index contributed by atoms with van der Waals surface area (Å²) in [6, 6.07) is 0.454. The Morgan fingerprint density at radius 2 is 2.31 bits per heavy atom. The van der Waals surface area contributed by atoms with Crippen LogP contribution in [0, 0.1) is 0 Å². The van der Waals surface area contributed by atoms with Gasteiger partial charge in [0, 0.05) is 25.5 Å². The molecule has 1 saturated heterocycles. The van der Waals surface area contributed by atoms with Gasteiger partial charge in [-0.2, -0.15) is 0 Å². The number of carbonyl (C=O) groups is 1. The molecule has 4 nitrogen and oxygen atoms in total. The summed E-state index contributed by atoms with van der Waals surface area (Å²) in [6.07, 6.45) is 6.31. The van der Waals surface area contributed by atoms with E-state index in [0.717, 1.165) is 32.3 Å². The molecule has 2 heterocycles. The van der Waals surface area contributed by atoms with Crippen LogP contribution < -0.4 is 0 Å². The molecule has 13 heavy (non-hydrogen) atoms. The minimum atomic E-state index is 0.454. The molecule has 1 fully saturated rings. The van der Waals surface area contributed by atoms with Crippen molar-refractivity contribution >= 4 is 6.29 Å². The Kier molecular flexibility index (Phi) is 2.40. The van der Waals surface area contributed by atoms with Crippen molar-refractivity contribution < 1.29 is 9.53 Å². The van der Waals surface area contributed by atoms with Crippen LogP contribution in [0.15, 0.2) is 12.5 Å². The highest BCUT2D eigenvalue weighted by atomic mass is 16.5. The summed E-state index contributed by atoms with van der Waals surface area (Å²) >= 11 is 0. The first-order valence-electron chi connectivity index (χ1n) is 4.46. The van der Waals surface area contributed by atoms with Crippen LogP contribution in [0.3, 0.4) is 0 Å². The van der Waals surface area contributed by atoms with Crippen LogP contribution in [0.2, 0.25) is 0 Å². The maximum absolute atomic E-state index is 10.4. The second kappa shape index (κ2) is 3.70. The minimum absolute atomic E-state index is 0.454. The Morgan fingerprint density at radius 1 is 1.54 bits per heavy atom. The van der Waals surface area contributed by atoms with Gasteiger partial charge in [0.25, 0.3) is 0 Å². The minimum Gasteiger partial charge on any atom is -0.381 e. The van der Waals surface area contributed by atoms with E-state index in [4.69, 9.17) is 4.74 Å². The molecule has 0 spiro atoms. The number of rotatable bonds is 2. The van der Waals surface area contributed by atoms with E-state index in [1.165, 1.54) is 0 Å². The molecular formula is C9H12N2O2. The van der Waals surface area contributed by atoms with Gasteiger partial charge >= 0.3 is 0 Å². The van der Waals surface area contributed by atoms with E-state index in [0.29, 0.717) is 11.7 Å². The van der Waals surface area contributed by atoms with E-state index in [2.05, 4.69) is 4.98 Å². The molecule has 0 amide bonds. The fourth-order valence-corrected chi connectivity index (χ4v) is 1.60. The molecule has 1 aliphatic rings. The first-order valence-corrected chi connectivity index (χ1v) is 4.46. The molecule has 1 aliphatic heterocycles. The van der Waals surface area contributed by atoms with Crippen molar-refractivity contribution in [3.8, 4) is 0 Å². The predicted octanol–water partition coefficient (Wildman–Crippen LogP) is 1.05. The van der Waals surface area contributed by atoms with Gasteiger partial charge in [-0.05, 0) is 12.8 Å². The van der Waals surface area contributed by atoms with Gasteiger partial charge < -0.3 is 9.30 Å². The zero-order valence-corrected chi connectivity index (χ0v) is 7.35. The molecule has 0 aliphatic carbocycles. The van der Waals surface area contributed by atoms with Crippen molar-refractivity contribution in [3.05, 3.63) is 18.2 Å². The largest absolute Gasteiger partial charge is 0.381 e. The predicted molar refractivity (Wildman–Crippen MR) is 46.7 cm³/mol. The lowest BCUT2D eigenvalue weighted by atomic mass is 10.1. The third kappa shape index (κ3) is 1.78. The van der Waals surface area contributed by atoms with Crippen molar-refractivity contribution in [2.75, 3.05) is 13.2 Å². The van der Waals surface area contributed by atoms with Gasteiger partial charge in [-0.1, -0.05) is 0 Å². The number of ether oxygens (including phenoxy) is 1. The normalized spacial score (nSPS) is 18.8. The number of imidazole rings is 1. The molecule has 1 aromatic heterocycles. The number of aldehydes is 1. The van der Waals surface area contributed by atoms with Crippen LogP contribution >= 0.6 is 0 Å². The third-order valence-electron chi connectivity index (χ3n) is 2.35. The molecule has 0 N–H and O–H groups in total. The standard InChI is InChI=1S/C9H12N2O2/c12-6-8-5-11(7-10-8)9-1-3-13-4-2-9/h5-7,9H,1-4H2. The number of carbonyl (C=O) groups excluding carboxylic acids is 1. The zero-order chi connectivity index (χ0) is 9.10. The topological polar surface area (TPSA) is 44.1 Å². The number of nitrogens with zero attached hydrogens (tertiary/aromatic N) is 2. The summed E-state index contributed by atoms with van der Waals surface area (Å²) in [7, 11) is 0. The Balaban J connectivity index is 2.09. The van der Waals surface area contributed by atoms with Crippen molar-refractivity contribution in [1.29, 1.82) is 0 Å². The molecule has 4 heteroatoms. The summed E-state index contributed by atoms with van der Waals surface area (Å²) in [5.74, 6) is 0. The first kappa shape index (κ1) is 8.44. The van der Waals surface area contributed by atoms with E-state index in [9.17, 15) is 4.79 Å². The summed E-state index contributed by atoms with van der Waals surface area (Å²) in [4.78, 5) is 14.4. The maximum atomic E-state index is 10.4. The van der Waals surface area contributed by atoms with Crippen LogP contribution in [-0.4, -0.2) is 29.1 Å². The third-order valence-corrected chi connectivity index (χ3v) is 2.35. The van der Waals surface area contributed by atoms with Gasteiger partial charge in [-0.15, -0.1) is 0 Å². The lowest BCUT2D eigenvalue weighted by Crippen LogP contribution is -2.18. The van der Waals surface area contributed by atoms with E-state index < -0.39 is 0 Å². The van der Waals surface area contributed by atoms with Crippen molar-refractivity contribution in [1.82, 2.24) is 9.55 Å². The van der Waals surface area contributed by atoms with Crippen LogP contribution in [0.4, 0.5) is 0 Å². The van der Waals surface area contributed by atoms with Gasteiger partial charge in [0.1, 0.15) is 5.69 Å². The lowest BCUT2D eigenvalue weighted by molar-refractivity contribution is 0.0695. The molecule has 0 atom stereocenters. The van der Waals surface area contributed by atoms with Gasteiger partial charge in [0.2, 0.25) is 0 Å². The summed E-state index contributed by atoms with van der Waals surface area (Å²) in [5.41, 5.74) is 0.506. The first-order chi connectivity index (χ1) is 6.40.